The summed E-state index contributed by atoms with van der Waals surface area (Å²) in [7, 11) is 1.80. The second-order valence-corrected chi connectivity index (χ2v) is 7.51. The summed E-state index contributed by atoms with van der Waals surface area (Å²) >= 11 is 0. The lowest BCUT2D eigenvalue weighted by molar-refractivity contribution is -0.143. The average Bonchev–Trinajstić information content (AvgIpc) is 3.23. The molecule has 1 aromatic carbocycles. The summed E-state index contributed by atoms with van der Waals surface area (Å²) in [6.45, 7) is 1.43. The van der Waals surface area contributed by atoms with E-state index < -0.39 is 6.09 Å². The predicted octanol–water partition coefficient (Wildman–Crippen LogP) is 0.964. The summed E-state index contributed by atoms with van der Waals surface area (Å²) in [5, 5.41) is 11.2. The van der Waals surface area contributed by atoms with E-state index in [1.807, 2.05) is 6.07 Å². The van der Waals surface area contributed by atoms with Gasteiger partial charge < -0.3 is 14.4 Å². The first-order chi connectivity index (χ1) is 16.0. The Kier molecular flexibility index (Phi) is 6.79. The Morgan fingerprint density at radius 3 is 2.94 bits per heavy atom. The van der Waals surface area contributed by atoms with Crippen LogP contribution in [0.1, 0.15) is 11.3 Å². The van der Waals surface area contributed by atoms with Gasteiger partial charge in [0, 0.05) is 38.0 Å². The predicted molar refractivity (Wildman–Crippen MR) is 118 cm³/mol. The van der Waals surface area contributed by atoms with Crippen LogP contribution in [0.4, 0.5) is 10.5 Å². The maximum Gasteiger partial charge on any atom is 0.411 e. The first-order valence-electron chi connectivity index (χ1n) is 10.4. The van der Waals surface area contributed by atoms with E-state index in [-0.39, 0.29) is 24.5 Å². The van der Waals surface area contributed by atoms with E-state index >= 15 is 0 Å². The van der Waals surface area contributed by atoms with Crippen LogP contribution in [0, 0.1) is 0 Å². The topological polar surface area (TPSA) is 121 Å². The molecule has 4 rings (SSSR count). The lowest BCUT2D eigenvalue weighted by Crippen LogP contribution is -2.43. The Bertz CT molecular complexity index is 1200. The summed E-state index contributed by atoms with van der Waals surface area (Å²) in [6.07, 6.45) is 4.73. The molecule has 11 heteroatoms. The van der Waals surface area contributed by atoms with Gasteiger partial charge in [-0.25, -0.2) is 9.48 Å². The van der Waals surface area contributed by atoms with Crippen molar-refractivity contribution < 1.29 is 19.1 Å². The van der Waals surface area contributed by atoms with Gasteiger partial charge in [-0.15, -0.1) is 0 Å². The van der Waals surface area contributed by atoms with Crippen LogP contribution in [-0.2, 0) is 27.7 Å². The molecule has 1 fully saturated rings. The highest BCUT2D eigenvalue weighted by molar-refractivity contribution is 5.84. The molecule has 0 saturated carbocycles. The molecule has 0 radical (unpaired) electrons. The summed E-state index contributed by atoms with van der Waals surface area (Å²) < 4.78 is 13.5. The van der Waals surface area contributed by atoms with E-state index in [0.29, 0.717) is 37.5 Å². The van der Waals surface area contributed by atoms with Gasteiger partial charge in [0.1, 0.15) is 24.6 Å². The Balaban J connectivity index is 1.35. The smallest absolute Gasteiger partial charge is 0.411 e. The van der Waals surface area contributed by atoms with Gasteiger partial charge in [-0.1, -0.05) is 12.1 Å². The van der Waals surface area contributed by atoms with Gasteiger partial charge in [0.25, 0.3) is 0 Å². The number of anilines is 1. The maximum absolute atomic E-state index is 12.3. The Morgan fingerprint density at radius 2 is 2.15 bits per heavy atom. The van der Waals surface area contributed by atoms with Gasteiger partial charge in [-0.3, -0.25) is 19.6 Å². The number of nitrogens with zero attached hydrogens (tertiary/aromatic N) is 5. The third-order valence-electron chi connectivity index (χ3n) is 5.06. The summed E-state index contributed by atoms with van der Waals surface area (Å²) in [4.78, 5) is 37.7. The molecule has 33 heavy (non-hydrogen) atoms. The first-order valence-corrected chi connectivity index (χ1v) is 10.4. The van der Waals surface area contributed by atoms with Crippen molar-refractivity contribution in [1.82, 2.24) is 24.5 Å². The van der Waals surface area contributed by atoms with Crippen LogP contribution in [0.15, 0.2) is 53.7 Å². The molecule has 3 aromatic rings. The number of aromatic nitrogens is 4. The minimum absolute atomic E-state index is 0.0581. The Hall–Kier alpha value is -3.99. The van der Waals surface area contributed by atoms with E-state index in [9.17, 15) is 14.4 Å². The number of amides is 2. The summed E-state index contributed by atoms with van der Waals surface area (Å²) in [5.74, 6) is -0.116. The number of rotatable bonds is 7. The van der Waals surface area contributed by atoms with Crippen molar-refractivity contribution in [2.24, 2.45) is 7.05 Å². The van der Waals surface area contributed by atoms with Crippen molar-refractivity contribution in [2.75, 3.05) is 38.2 Å². The maximum atomic E-state index is 12.3. The zero-order valence-corrected chi connectivity index (χ0v) is 18.1. The summed E-state index contributed by atoms with van der Waals surface area (Å²) in [6, 6.07) is 8.58. The van der Waals surface area contributed by atoms with Crippen molar-refractivity contribution >= 4 is 17.7 Å². The van der Waals surface area contributed by atoms with Crippen molar-refractivity contribution in [3.63, 3.8) is 0 Å². The highest BCUT2D eigenvalue weighted by Crippen LogP contribution is 2.14. The van der Waals surface area contributed by atoms with Crippen LogP contribution in [0.5, 0.6) is 0 Å². The fraction of sp³-hybridized carbons (Fsp3) is 0.318. The van der Waals surface area contributed by atoms with Gasteiger partial charge in [-0.05, 0) is 17.7 Å². The van der Waals surface area contributed by atoms with Gasteiger partial charge in [-0.2, -0.15) is 10.2 Å². The van der Waals surface area contributed by atoms with E-state index in [1.54, 1.807) is 58.1 Å². The molecule has 1 aliphatic heterocycles. The second-order valence-electron chi connectivity index (χ2n) is 7.51. The van der Waals surface area contributed by atoms with Crippen molar-refractivity contribution in [2.45, 2.75) is 6.42 Å². The van der Waals surface area contributed by atoms with Crippen LogP contribution in [-0.4, -0.2) is 69.4 Å². The highest BCUT2D eigenvalue weighted by atomic mass is 16.5. The quantitative estimate of drug-likeness (QED) is 0.567. The van der Waals surface area contributed by atoms with Crippen LogP contribution in [0.3, 0.4) is 0 Å². The van der Waals surface area contributed by atoms with Crippen LogP contribution < -0.4 is 10.7 Å². The molecule has 2 amide bonds. The van der Waals surface area contributed by atoms with Crippen LogP contribution >= 0.6 is 0 Å². The summed E-state index contributed by atoms with van der Waals surface area (Å²) in [5.41, 5.74) is 2.28. The zero-order chi connectivity index (χ0) is 23.2. The van der Waals surface area contributed by atoms with Crippen molar-refractivity contribution in [1.29, 1.82) is 0 Å². The number of hydrogen-bond donors (Lipinski definition) is 1. The number of carbonyl (C=O) groups is 2. The lowest BCUT2D eigenvalue weighted by atomic mass is 10.1. The molecular weight excluding hydrogens is 428 g/mol. The molecule has 1 saturated heterocycles. The molecule has 3 heterocycles. The minimum atomic E-state index is -0.621. The van der Waals surface area contributed by atoms with Crippen LogP contribution in [0.25, 0.3) is 5.69 Å². The Labute approximate surface area is 189 Å². The number of nitrogens with one attached hydrogen (secondary N) is 1. The number of hydrogen-bond acceptors (Lipinski definition) is 7. The van der Waals surface area contributed by atoms with E-state index in [2.05, 4.69) is 15.5 Å². The standard InChI is InChI=1S/C22H24N6O5/c1-26-14-18(13-23-26)28-6-5-20(29)19(25-28)12-16-3-2-4-17(11-16)24-22(31)33-10-8-27-7-9-32-15-21(27)30/h2-6,11,13-14H,7-10,12,15H2,1H3,(H,24,31). The van der Waals surface area contributed by atoms with Gasteiger partial charge in [0.05, 0.1) is 25.5 Å². The second kappa shape index (κ2) is 10.1. The number of morpholine rings is 1. The SMILES string of the molecule is Cn1cc(-n2ccc(=O)c(Cc3cccc(NC(=O)OCCN4CCOCC4=O)c3)n2)cn1. The molecule has 11 nitrogen and oxygen atoms in total. The van der Waals surface area contributed by atoms with Crippen LogP contribution in [0.2, 0.25) is 0 Å². The highest BCUT2D eigenvalue weighted by Gasteiger charge is 2.18. The van der Waals surface area contributed by atoms with Gasteiger partial charge >= 0.3 is 6.09 Å². The van der Waals surface area contributed by atoms with Crippen molar-refractivity contribution in [3.05, 3.63) is 70.4 Å². The molecule has 1 N–H and O–H groups in total. The zero-order valence-electron chi connectivity index (χ0n) is 18.1. The number of carbonyl (C=O) groups excluding carboxylic acids is 2. The molecule has 0 atom stereocenters. The van der Waals surface area contributed by atoms with Gasteiger partial charge in [0.2, 0.25) is 11.3 Å². The third kappa shape index (κ3) is 5.83. The molecule has 0 unspecified atom stereocenters. The lowest BCUT2D eigenvalue weighted by Gasteiger charge is -2.26. The van der Waals surface area contributed by atoms with Crippen molar-refractivity contribution in [3.8, 4) is 5.69 Å². The fourth-order valence-corrected chi connectivity index (χ4v) is 3.38. The number of benzene rings is 1. The minimum Gasteiger partial charge on any atom is -0.447 e. The molecule has 172 valence electrons. The number of aryl methyl sites for hydroxylation is 1. The van der Waals surface area contributed by atoms with E-state index in [1.165, 1.54) is 6.07 Å². The molecule has 1 aliphatic rings. The molecule has 0 aliphatic carbocycles. The molecular formula is C22H24N6O5. The largest absolute Gasteiger partial charge is 0.447 e. The number of ether oxygens (including phenoxy) is 2. The molecule has 0 spiro atoms. The third-order valence-corrected chi connectivity index (χ3v) is 5.06. The fourth-order valence-electron chi connectivity index (χ4n) is 3.38. The first kappa shape index (κ1) is 22.2. The van der Waals surface area contributed by atoms with E-state index in [0.717, 1.165) is 11.3 Å². The average molecular weight is 452 g/mol. The van der Waals surface area contributed by atoms with E-state index in [4.69, 9.17) is 9.47 Å². The van der Waals surface area contributed by atoms with Gasteiger partial charge in [0.15, 0.2) is 0 Å². The normalized spacial score (nSPS) is 13.7. The Morgan fingerprint density at radius 1 is 1.27 bits per heavy atom. The monoisotopic (exact) mass is 452 g/mol. The molecule has 0 bridgehead atoms. The molecule has 2 aromatic heterocycles.